The van der Waals surface area contributed by atoms with Crippen molar-refractivity contribution in [3.8, 4) is 0 Å². The summed E-state index contributed by atoms with van der Waals surface area (Å²) in [5.74, 6) is 0. The largest absolute Gasteiger partial charge is 3.00 e. The Labute approximate surface area is 157 Å². The van der Waals surface area contributed by atoms with Gasteiger partial charge in [0.2, 0.25) is 0 Å². The molecule has 4 rings (SSSR count). The average molecular weight is 351 g/mol. The Bertz CT molecular complexity index is 956. The van der Waals surface area contributed by atoms with E-state index in [4.69, 9.17) is 10.2 Å². The van der Waals surface area contributed by atoms with Gasteiger partial charge < -0.3 is 10.2 Å². The van der Waals surface area contributed by atoms with Crippen LogP contribution in [0.5, 0.6) is 0 Å². The quantitative estimate of drug-likeness (QED) is 0.479. The van der Waals surface area contributed by atoms with Crippen LogP contribution in [0, 0.1) is 10.4 Å². The van der Waals surface area contributed by atoms with Gasteiger partial charge in [-0.05, 0) is 6.42 Å². The van der Waals surface area contributed by atoms with Crippen LogP contribution in [0.4, 0.5) is 0 Å². The molecule has 0 aliphatic heterocycles. The van der Waals surface area contributed by atoms with Gasteiger partial charge in [-0.3, -0.25) is 0 Å². The van der Waals surface area contributed by atoms with Crippen molar-refractivity contribution in [2.75, 3.05) is 14.2 Å². The molecule has 0 fully saturated rings. The second-order valence-corrected chi connectivity index (χ2v) is 5.02. The zero-order valence-corrected chi connectivity index (χ0v) is 15.5. The molecule has 0 atom stereocenters. The molecule has 2 nitrogen and oxygen atoms in total. The van der Waals surface area contributed by atoms with Gasteiger partial charge in [-0.15, -0.1) is 33.4 Å². The molecule has 0 heterocycles. The molecular formula is C21H19O2Ti. The van der Waals surface area contributed by atoms with Crippen LogP contribution in [0.25, 0.3) is 18.2 Å². The number of hydrogen-bond donors (Lipinski definition) is 0. The second-order valence-electron chi connectivity index (χ2n) is 5.02. The molecule has 0 bridgehead atoms. The number of hydrogen-bond acceptors (Lipinski definition) is 2. The van der Waals surface area contributed by atoms with Gasteiger partial charge in [0.15, 0.2) is 0 Å². The maximum Gasteiger partial charge on any atom is 3.00 e. The molecule has 0 spiro atoms. The van der Waals surface area contributed by atoms with E-state index in [0.29, 0.717) is 0 Å². The van der Waals surface area contributed by atoms with Gasteiger partial charge in [0.25, 0.3) is 0 Å². The zero-order chi connectivity index (χ0) is 16.8. The maximum absolute atomic E-state index is 8.25. The van der Waals surface area contributed by atoms with Crippen LogP contribution in [-0.4, -0.2) is 14.2 Å². The predicted molar refractivity (Wildman–Crippen MR) is 91.4 cm³/mol. The Morgan fingerprint density at radius 3 is 2.33 bits per heavy atom. The molecule has 2 aliphatic carbocycles. The molecule has 119 valence electrons. The van der Waals surface area contributed by atoms with E-state index >= 15 is 0 Å². The molecule has 0 unspecified atom stereocenters. The van der Waals surface area contributed by atoms with Crippen molar-refractivity contribution < 1.29 is 31.9 Å². The van der Waals surface area contributed by atoms with Crippen LogP contribution in [0.2, 0.25) is 0 Å². The van der Waals surface area contributed by atoms with Crippen LogP contribution in [0.15, 0.2) is 54.6 Å². The van der Waals surface area contributed by atoms with Crippen molar-refractivity contribution in [2.24, 2.45) is 0 Å². The first-order chi connectivity index (χ1) is 11.3. The Kier molecular flexibility index (Phi) is 8.10. The molecule has 2 aliphatic rings. The van der Waals surface area contributed by atoms with Crippen molar-refractivity contribution in [3.63, 3.8) is 0 Å². The average Bonchev–Trinajstić information content (AvgIpc) is 3.26. The van der Waals surface area contributed by atoms with Crippen LogP contribution in [0.1, 0.15) is 17.5 Å². The molecule has 24 heavy (non-hydrogen) atoms. The molecular weight excluding hydrogens is 332 g/mol. The standard InChI is InChI=1S/C19H13.2CH3O.Ti/c1-13-10-11-17-16-9-5-4-8-15(16)12-18(17)19(13)14-6-2-3-7-14;2*1-2;/h2-6,8-11H,1,7H2;2*1H3;/q3*-1;+3. The van der Waals surface area contributed by atoms with Crippen molar-refractivity contribution in [1.82, 2.24) is 0 Å². The fourth-order valence-electron chi connectivity index (χ4n) is 2.96. The van der Waals surface area contributed by atoms with Gasteiger partial charge in [0.1, 0.15) is 0 Å². The number of benzene rings is 2. The fraction of sp³-hybridized carbons (Fsp3) is 0.143. The molecule has 0 aromatic heterocycles. The minimum atomic E-state index is 0. The van der Waals surface area contributed by atoms with Crippen LogP contribution >= 0.6 is 0 Å². The van der Waals surface area contributed by atoms with Crippen LogP contribution in [-0.2, 0) is 21.7 Å². The molecule has 0 N–H and O–H groups in total. The third-order valence-electron chi connectivity index (χ3n) is 3.86. The van der Waals surface area contributed by atoms with E-state index in [9.17, 15) is 0 Å². The summed E-state index contributed by atoms with van der Waals surface area (Å²) in [6.07, 6.45) is 11.1. The number of rotatable bonds is 1. The molecule has 2 aromatic rings. The third-order valence-corrected chi connectivity index (χ3v) is 3.86. The number of fused-ring (bicyclic) bond motifs is 2. The Morgan fingerprint density at radius 1 is 0.958 bits per heavy atom. The molecule has 3 heteroatoms. The van der Waals surface area contributed by atoms with Gasteiger partial charge in [0.05, 0.1) is 0 Å². The molecule has 0 saturated heterocycles. The summed E-state index contributed by atoms with van der Waals surface area (Å²) in [6, 6.07) is 12.7. The monoisotopic (exact) mass is 351 g/mol. The van der Waals surface area contributed by atoms with E-state index < -0.39 is 0 Å². The molecule has 0 saturated carbocycles. The Balaban J connectivity index is 0.000000539. The zero-order valence-electron chi connectivity index (χ0n) is 13.9. The first-order valence-corrected chi connectivity index (χ1v) is 7.38. The third kappa shape index (κ3) is 3.68. The summed E-state index contributed by atoms with van der Waals surface area (Å²) in [6.45, 7) is 4.20. The normalized spacial score (nSPS) is 12.2. The summed E-state index contributed by atoms with van der Waals surface area (Å²) < 4.78 is 0. The molecule has 1 radical (unpaired) electrons. The minimum absolute atomic E-state index is 0. The van der Waals surface area contributed by atoms with E-state index in [1.807, 2.05) is 0 Å². The van der Waals surface area contributed by atoms with Crippen molar-refractivity contribution in [1.29, 1.82) is 0 Å². The smallest absolute Gasteiger partial charge is 0.857 e. The van der Waals surface area contributed by atoms with Crippen molar-refractivity contribution >= 4 is 18.2 Å². The van der Waals surface area contributed by atoms with Crippen molar-refractivity contribution in [3.05, 3.63) is 86.6 Å². The fourth-order valence-corrected chi connectivity index (χ4v) is 2.96. The summed E-state index contributed by atoms with van der Waals surface area (Å²) in [7, 11) is 1.50. The number of allylic oxidation sites excluding steroid dienone is 4. The van der Waals surface area contributed by atoms with E-state index in [1.165, 1.54) is 32.4 Å². The van der Waals surface area contributed by atoms with Crippen molar-refractivity contribution in [2.45, 2.75) is 6.42 Å². The minimum Gasteiger partial charge on any atom is -0.857 e. The molecule has 2 aromatic carbocycles. The maximum atomic E-state index is 8.25. The van der Waals surface area contributed by atoms with Crippen LogP contribution < -0.4 is 20.7 Å². The second kappa shape index (κ2) is 9.56. The van der Waals surface area contributed by atoms with Gasteiger partial charge >= 0.3 is 21.7 Å². The summed E-state index contributed by atoms with van der Waals surface area (Å²) in [4.78, 5) is 0. The molecule has 0 amide bonds. The van der Waals surface area contributed by atoms with Gasteiger partial charge in [-0.1, -0.05) is 71.5 Å². The van der Waals surface area contributed by atoms with Gasteiger partial charge in [-0.25, -0.2) is 0 Å². The summed E-state index contributed by atoms with van der Waals surface area (Å²) in [5.41, 5.74) is 3.82. The first-order valence-electron chi connectivity index (χ1n) is 7.38. The van der Waals surface area contributed by atoms with E-state index in [-0.39, 0.29) is 21.7 Å². The summed E-state index contributed by atoms with van der Waals surface area (Å²) in [5, 5.41) is 21.3. The van der Waals surface area contributed by atoms with E-state index in [2.05, 4.69) is 67.3 Å². The Morgan fingerprint density at radius 2 is 1.67 bits per heavy atom. The van der Waals surface area contributed by atoms with Crippen LogP contribution in [0.3, 0.4) is 0 Å². The predicted octanol–water partition coefficient (Wildman–Crippen LogP) is 0.697. The van der Waals surface area contributed by atoms with E-state index in [0.717, 1.165) is 25.9 Å². The SMILES string of the molecule is C=c1ccc2c(c1C1=CC=CC1)[C-]=c1ccccc1=2.C[O-].C[O-].[Ti+3]. The van der Waals surface area contributed by atoms with Gasteiger partial charge in [0, 0.05) is 0 Å². The Hall–Kier alpha value is -1.71. The summed E-state index contributed by atoms with van der Waals surface area (Å²) >= 11 is 0. The first kappa shape index (κ1) is 20.3. The van der Waals surface area contributed by atoms with Gasteiger partial charge in [-0.2, -0.15) is 14.2 Å². The van der Waals surface area contributed by atoms with E-state index in [1.54, 1.807) is 0 Å². The topological polar surface area (TPSA) is 46.1 Å².